The molecule has 0 fully saturated rings. The zero-order valence-corrected chi connectivity index (χ0v) is 11.7. The van der Waals surface area contributed by atoms with Crippen molar-refractivity contribution >= 4 is 40.3 Å². The number of halogens is 2. The van der Waals surface area contributed by atoms with E-state index in [0.717, 1.165) is 11.4 Å². The molecule has 3 nitrogen and oxygen atoms in total. The van der Waals surface area contributed by atoms with Crippen LogP contribution in [0.4, 0.5) is 0 Å². The molecular formula is C11H10Cl2N2OS. The van der Waals surface area contributed by atoms with Crippen LogP contribution in [0.1, 0.15) is 21.1 Å². The Labute approximate surface area is 113 Å². The van der Waals surface area contributed by atoms with E-state index in [4.69, 9.17) is 23.2 Å². The Hall–Kier alpha value is -0.840. The Morgan fingerprint density at radius 2 is 2.18 bits per heavy atom. The summed E-state index contributed by atoms with van der Waals surface area (Å²) >= 11 is 13.2. The van der Waals surface area contributed by atoms with Gasteiger partial charge >= 0.3 is 0 Å². The topological polar surface area (TPSA) is 34.9 Å². The highest BCUT2D eigenvalue weighted by Gasteiger charge is 2.17. The van der Waals surface area contributed by atoms with Crippen molar-refractivity contribution in [1.29, 1.82) is 0 Å². The molecule has 0 N–H and O–H groups in total. The maximum atomic E-state index is 12.0. The van der Waals surface area contributed by atoms with Gasteiger partial charge in [0.05, 0.1) is 32.0 Å². The first-order valence-electron chi connectivity index (χ1n) is 4.95. The number of rotatable bonds is 3. The molecule has 0 aromatic carbocycles. The van der Waals surface area contributed by atoms with Crippen LogP contribution in [0.25, 0.3) is 0 Å². The van der Waals surface area contributed by atoms with Crippen molar-refractivity contribution in [1.82, 2.24) is 9.78 Å². The first kappa shape index (κ1) is 12.6. The molecule has 0 aliphatic rings. The van der Waals surface area contributed by atoms with Gasteiger partial charge in [0.25, 0.3) is 0 Å². The average molecular weight is 289 g/mol. The third kappa shape index (κ3) is 2.54. The lowest BCUT2D eigenvalue weighted by Gasteiger charge is -2.00. The van der Waals surface area contributed by atoms with E-state index in [0.29, 0.717) is 14.2 Å². The molecule has 90 valence electrons. The number of carbonyl (C=O) groups is 1. The summed E-state index contributed by atoms with van der Waals surface area (Å²) in [5, 5.41) is 4.73. The summed E-state index contributed by atoms with van der Waals surface area (Å²) in [7, 11) is 1.78. The van der Waals surface area contributed by atoms with Gasteiger partial charge in [0, 0.05) is 7.05 Å². The highest BCUT2D eigenvalue weighted by Crippen LogP contribution is 2.25. The number of aryl methyl sites for hydroxylation is 2. The van der Waals surface area contributed by atoms with Crippen molar-refractivity contribution in [3.8, 4) is 0 Å². The largest absolute Gasteiger partial charge is 0.293 e. The molecule has 17 heavy (non-hydrogen) atoms. The molecule has 0 saturated heterocycles. The molecule has 0 radical (unpaired) electrons. The van der Waals surface area contributed by atoms with E-state index in [1.165, 1.54) is 11.3 Å². The predicted molar refractivity (Wildman–Crippen MR) is 70.3 cm³/mol. The lowest BCUT2D eigenvalue weighted by atomic mass is 10.2. The lowest BCUT2D eigenvalue weighted by molar-refractivity contribution is 0.0994. The predicted octanol–water partition coefficient (Wildman–Crippen LogP) is 3.52. The van der Waals surface area contributed by atoms with Gasteiger partial charge < -0.3 is 0 Å². The second-order valence-corrected chi connectivity index (χ2v) is 5.77. The Morgan fingerprint density at radius 3 is 2.65 bits per heavy atom. The highest BCUT2D eigenvalue weighted by molar-refractivity contribution is 7.18. The van der Waals surface area contributed by atoms with Crippen molar-refractivity contribution in [2.75, 3.05) is 0 Å². The van der Waals surface area contributed by atoms with Crippen molar-refractivity contribution in [3.63, 3.8) is 0 Å². The van der Waals surface area contributed by atoms with E-state index in [9.17, 15) is 4.79 Å². The molecule has 2 aromatic rings. The number of carbonyl (C=O) groups excluding carboxylic acids is 1. The molecule has 2 heterocycles. The number of thiophene rings is 1. The fourth-order valence-corrected chi connectivity index (χ4v) is 2.78. The third-order valence-corrected chi connectivity index (χ3v) is 4.20. The minimum absolute atomic E-state index is 0.00630. The van der Waals surface area contributed by atoms with E-state index < -0.39 is 0 Å². The Kier molecular flexibility index (Phi) is 3.56. The molecule has 0 amide bonds. The van der Waals surface area contributed by atoms with Crippen LogP contribution in [0.5, 0.6) is 0 Å². The van der Waals surface area contributed by atoms with Crippen LogP contribution in [-0.4, -0.2) is 15.6 Å². The van der Waals surface area contributed by atoms with E-state index in [1.54, 1.807) is 23.9 Å². The fourth-order valence-electron chi connectivity index (χ4n) is 1.58. The minimum Gasteiger partial charge on any atom is -0.293 e. The van der Waals surface area contributed by atoms with Gasteiger partial charge in [0.1, 0.15) is 0 Å². The first-order valence-corrected chi connectivity index (χ1v) is 6.52. The first-order chi connectivity index (χ1) is 7.99. The van der Waals surface area contributed by atoms with Crippen molar-refractivity contribution < 1.29 is 4.79 Å². The standard InChI is InChI=1S/C11H10Cl2N2OS/c1-6-11(13)7(15(2)14-6)5-8(16)9-3-4-10(12)17-9/h3-4H,5H2,1-2H3. The third-order valence-electron chi connectivity index (χ3n) is 2.44. The van der Waals surface area contributed by atoms with E-state index in [2.05, 4.69) is 5.10 Å². The van der Waals surface area contributed by atoms with Gasteiger partial charge in [0.15, 0.2) is 5.78 Å². The molecule has 0 unspecified atom stereocenters. The van der Waals surface area contributed by atoms with Crippen LogP contribution in [0.3, 0.4) is 0 Å². The summed E-state index contributed by atoms with van der Waals surface area (Å²) in [6, 6.07) is 3.45. The lowest BCUT2D eigenvalue weighted by Crippen LogP contribution is -2.06. The van der Waals surface area contributed by atoms with Crippen molar-refractivity contribution in [2.45, 2.75) is 13.3 Å². The molecule has 0 aliphatic heterocycles. The molecule has 2 aromatic heterocycles. The molecular weight excluding hydrogens is 279 g/mol. The summed E-state index contributed by atoms with van der Waals surface area (Å²) in [6.07, 6.45) is 0.243. The van der Waals surface area contributed by atoms with Gasteiger partial charge in [0.2, 0.25) is 0 Å². The van der Waals surface area contributed by atoms with Gasteiger partial charge in [-0.1, -0.05) is 23.2 Å². The minimum atomic E-state index is 0.00630. The molecule has 0 atom stereocenters. The van der Waals surface area contributed by atoms with Gasteiger partial charge in [-0.25, -0.2) is 0 Å². The quantitative estimate of drug-likeness (QED) is 0.810. The fraction of sp³-hybridized carbons (Fsp3) is 0.273. The summed E-state index contributed by atoms with van der Waals surface area (Å²) in [6.45, 7) is 1.82. The maximum absolute atomic E-state index is 12.0. The van der Waals surface area contributed by atoms with Gasteiger partial charge in [-0.3, -0.25) is 9.48 Å². The molecule has 0 aliphatic carbocycles. The van der Waals surface area contributed by atoms with Crippen LogP contribution in [0, 0.1) is 6.92 Å². The Balaban J connectivity index is 2.24. The Bertz CT molecular complexity index is 574. The Morgan fingerprint density at radius 1 is 1.47 bits per heavy atom. The number of ketones is 1. The van der Waals surface area contributed by atoms with Crippen LogP contribution >= 0.6 is 34.5 Å². The molecule has 6 heteroatoms. The van der Waals surface area contributed by atoms with Gasteiger partial charge in [-0.15, -0.1) is 11.3 Å². The maximum Gasteiger partial charge on any atom is 0.178 e. The van der Waals surface area contributed by atoms with Crippen molar-refractivity contribution in [2.24, 2.45) is 7.05 Å². The van der Waals surface area contributed by atoms with Gasteiger partial charge in [-0.2, -0.15) is 5.10 Å². The van der Waals surface area contributed by atoms with E-state index in [1.807, 2.05) is 6.92 Å². The second-order valence-electron chi connectivity index (χ2n) is 3.67. The molecule has 0 saturated carbocycles. The highest BCUT2D eigenvalue weighted by atomic mass is 35.5. The van der Waals surface area contributed by atoms with Crippen LogP contribution in [-0.2, 0) is 13.5 Å². The molecule has 2 rings (SSSR count). The van der Waals surface area contributed by atoms with Crippen LogP contribution in [0.2, 0.25) is 9.36 Å². The average Bonchev–Trinajstić information content (AvgIpc) is 2.79. The van der Waals surface area contributed by atoms with E-state index in [-0.39, 0.29) is 12.2 Å². The van der Waals surface area contributed by atoms with E-state index >= 15 is 0 Å². The zero-order valence-electron chi connectivity index (χ0n) is 9.33. The summed E-state index contributed by atoms with van der Waals surface area (Å²) in [5.74, 6) is 0.00630. The number of hydrogen-bond acceptors (Lipinski definition) is 3. The molecule has 0 bridgehead atoms. The van der Waals surface area contributed by atoms with Crippen LogP contribution in [0.15, 0.2) is 12.1 Å². The summed E-state index contributed by atoms with van der Waals surface area (Å²) in [5.41, 5.74) is 1.47. The molecule has 0 spiro atoms. The van der Waals surface area contributed by atoms with Gasteiger partial charge in [-0.05, 0) is 19.1 Å². The SMILES string of the molecule is Cc1nn(C)c(CC(=O)c2ccc(Cl)s2)c1Cl. The number of hydrogen-bond donors (Lipinski definition) is 0. The smallest absolute Gasteiger partial charge is 0.178 e. The number of aromatic nitrogens is 2. The van der Waals surface area contributed by atoms with Crippen molar-refractivity contribution in [3.05, 3.63) is 37.8 Å². The monoisotopic (exact) mass is 288 g/mol. The summed E-state index contributed by atoms with van der Waals surface area (Å²) in [4.78, 5) is 12.6. The normalized spacial score (nSPS) is 10.8. The zero-order chi connectivity index (χ0) is 12.6. The van der Waals surface area contributed by atoms with Crippen LogP contribution < -0.4 is 0 Å². The summed E-state index contributed by atoms with van der Waals surface area (Å²) < 4.78 is 2.26. The number of nitrogens with zero attached hydrogens (tertiary/aromatic N) is 2. The number of Topliss-reactive ketones (excluding diaryl/α,β-unsaturated/α-hetero) is 1. The second kappa shape index (κ2) is 4.80.